The summed E-state index contributed by atoms with van der Waals surface area (Å²) < 4.78 is 25.3. The van der Waals surface area contributed by atoms with E-state index in [4.69, 9.17) is 0 Å². The first-order valence-corrected chi connectivity index (χ1v) is 11.7. The molecule has 0 aliphatic heterocycles. The van der Waals surface area contributed by atoms with Crippen LogP contribution in [0, 0.1) is 0 Å². The summed E-state index contributed by atoms with van der Waals surface area (Å²) in [5.41, 5.74) is 1.14. The number of sulfone groups is 1. The second kappa shape index (κ2) is 8.76. The zero-order valence-electron chi connectivity index (χ0n) is 17.4. The van der Waals surface area contributed by atoms with Crippen LogP contribution in [0.5, 0.6) is 0 Å². The van der Waals surface area contributed by atoms with Crippen molar-refractivity contribution in [1.82, 2.24) is 9.78 Å². The molecule has 1 amide bonds. The molecule has 4 rings (SSSR count). The molecular formula is C24H21N3O4S. The zero-order chi connectivity index (χ0) is 22.7. The summed E-state index contributed by atoms with van der Waals surface area (Å²) in [6.45, 7) is 1.81. The molecule has 0 bridgehead atoms. The van der Waals surface area contributed by atoms with Gasteiger partial charge in [-0.1, -0.05) is 55.5 Å². The van der Waals surface area contributed by atoms with Crippen LogP contribution in [-0.4, -0.2) is 29.9 Å². The topological polar surface area (TPSA) is 98.1 Å². The summed E-state index contributed by atoms with van der Waals surface area (Å²) in [4.78, 5) is 26.2. The van der Waals surface area contributed by atoms with E-state index in [0.717, 1.165) is 5.56 Å². The number of anilines is 1. The van der Waals surface area contributed by atoms with Crippen molar-refractivity contribution in [1.29, 1.82) is 0 Å². The van der Waals surface area contributed by atoms with Crippen molar-refractivity contribution in [2.24, 2.45) is 0 Å². The van der Waals surface area contributed by atoms with Crippen molar-refractivity contribution in [3.05, 3.63) is 100 Å². The molecule has 0 unspecified atom stereocenters. The molecular weight excluding hydrogens is 426 g/mol. The minimum Gasteiger partial charge on any atom is -0.321 e. The van der Waals surface area contributed by atoms with Crippen LogP contribution in [0.25, 0.3) is 10.8 Å². The van der Waals surface area contributed by atoms with Crippen molar-refractivity contribution in [3.8, 4) is 0 Å². The van der Waals surface area contributed by atoms with Crippen LogP contribution in [0.1, 0.15) is 23.0 Å². The number of fused-ring (bicyclic) bond motifs is 1. The number of benzene rings is 3. The molecule has 0 spiro atoms. The quantitative estimate of drug-likeness (QED) is 0.488. The third kappa shape index (κ3) is 4.31. The molecule has 0 radical (unpaired) electrons. The van der Waals surface area contributed by atoms with Crippen molar-refractivity contribution in [2.45, 2.75) is 18.4 Å². The van der Waals surface area contributed by atoms with E-state index in [1.54, 1.807) is 31.2 Å². The molecule has 162 valence electrons. The van der Waals surface area contributed by atoms with Gasteiger partial charge >= 0.3 is 0 Å². The molecule has 1 N–H and O–H groups in total. The first-order valence-electron chi connectivity index (χ1n) is 10.1. The Balaban J connectivity index is 1.71. The van der Waals surface area contributed by atoms with Gasteiger partial charge in [-0.2, -0.15) is 5.10 Å². The SMILES string of the molecule is CCS(=O)(=O)c1ccc(NC(=O)c2nn(Cc3ccccc3)c(=O)c3ccccc23)cc1. The Morgan fingerprint density at radius 3 is 2.19 bits per heavy atom. The summed E-state index contributed by atoms with van der Waals surface area (Å²) >= 11 is 0. The Hall–Kier alpha value is -3.78. The minimum atomic E-state index is -3.33. The predicted octanol–water partition coefficient (Wildman–Crippen LogP) is 3.49. The van der Waals surface area contributed by atoms with Gasteiger partial charge in [0.15, 0.2) is 15.5 Å². The molecule has 0 fully saturated rings. The number of rotatable bonds is 6. The van der Waals surface area contributed by atoms with E-state index in [1.165, 1.54) is 28.9 Å². The summed E-state index contributed by atoms with van der Waals surface area (Å²) in [6.07, 6.45) is 0. The highest BCUT2D eigenvalue weighted by atomic mass is 32.2. The molecule has 0 atom stereocenters. The highest BCUT2D eigenvalue weighted by molar-refractivity contribution is 7.91. The minimum absolute atomic E-state index is 0.00241. The molecule has 4 aromatic rings. The van der Waals surface area contributed by atoms with E-state index in [9.17, 15) is 18.0 Å². The van der Waals surface area contributed by atoms with Gasteiger partial charge in [0.2, 0.25) is 0 Å². The van der Waals surface area contributed by atoms with E-state index in [-0.39, 0.29) is 28.4 Å². The average Bonchev–Trinajstić information content (AvgIpc) is 2.82. The van der Waals surface area contributed by atoms with Gasteiger partial charge in [0.25, 0.3) is 11.5 Å². The van der Waals surface area contributed by atoms with E-state index in [0.29, 0.717) is 16.5 Å². The van der Waals surface area contributed by atoms with Crippen LogP contribution in [0.4, 0.5) is 5.69 Å². The molecule has 7 nitrogen and oxygen atoms in total. The lowest BCUT2D eigenvalue weighted by molar-refractivity contribution is 0.102. The van der Waals surface area contributed by atoms with Crippen LogP contribution in [0.15, 0.2) is 88.6 Å². The second-order valence-corrected chi connectivity index (χ2v) is 9.50. The molecule has 1 aromatic heterocycles. The maximum atomic E-state index is 13.1. The van der Waals surface area contributed by atoms with E-state index < -0.39 is 15.7 Å². The van der Waals surface area contributed by atoms with Gasteiger partial charge in [-0.15, -0.1) is 0 Å². The largest absolute Gasteiger partial charge is 0.321 e. The molecule has 1 heterocycles. The van der Waals surface area contributed by atoms with E-state index in [2.05, 4.69) is 10.4 Å². The standard InChI is InChI=1S/C24H21N3O4S/c1-2-32(30,31)19-14-12-18(13-15-19)25-23(28)22-20-10-6-7-11-21(20)24(29)27(26-22)16-17-8-4-3-5-9-17/h3-15H,2,16H2,1H3,(H,25,28). The van der Waals surface area contributed by atoms with Gasteiger partial charge in [0.05, 0.1) is 22.6 Å². The van der Waals surface area contributed by atoms with Crippen LogP contribution >= 0.6 is 0 Å². The zero-order valence-corrected chi connectivity index (χ0v) is 18.2. The van der Waals surface area contributed by atoms with E-state index in [1.807, 2.05) is 30.3 Å². The second-order valence-electron chi connectivity index (χ2n) is 7.22. The lowest BCUT2D eigenvalue weighted by Crippen LogP contribution is -2.28. The number of aromatic nitrogens is 2. The predicted molar refractivity (Wildman–Crippen MR) is 124 cm³/mol. The maximum absolute atomic E-state index is 13.1. The van der Waals surface area contributed by atoms with Crippen LogP contribution in [0.3, 0.4) is 0 Å². The fraction of sp³-hybridized carbons (Fsp3) is 0.125. The average molecular weight is 448 g/mol. The van der Waals surface area contributed by atoms with E-state index >= 15 is 0 Å². The summed E-state index contributed by atoms with van der Waals surface area (Å²) in [5.74, 6) is -0.494. The van der Waals surface area contributed by atoms with Crippen molar-refractivity contribution in [3.63, 3.8) is 0 Å². The lowest BCUT2D eigenvalue weighted by atomic mass is 10.1. The number of hydrogen-bond acceptors (Lipinski definition) is 5. The molecule has 0 aliphatic rings. The van der Waals surface area contributed by atoms with Crippen molar-refractivity contribution < 1.29 is 13.2 Å². The van der Waals surface area contributed by atoms with Gasteiger partial charge in [0.1, 0.15) is 0 Å². The number of carbonyl (C=O) groups is 1. The monoisotopic (exact) mass is 447 g/mol. The number of nitrogens with zero attached hydrogens (tertiary/aromatic N) is 2. The maximum Gasteiger partial charge on any atom is 0.276 e. The Bertz CT molecular complexity index is 1440. The van der Waals surface area contributed by atoms with Gasteiger partial charge in [-0.05, 0) is 35.9 Å². The van der Waals surface area contributed by atoms with Gasteiger partial charge in [-0.25, -0.2) is 13.1 Å². The number of nitrogens with one attached hydrogen (secondary N) is 1. The van der Waals surface area contributed by atoms with Crippen molar-refractivity contribution >= 4 is 32.2 Å². The summed E-state index contributed by atoms with van der Waals surface area (Å²) in [5, 5.41) is 7.95. The van der Waals surface area contributed by atoms with Gasteiger partial charge in [0, 0.05) is 11.1 Å². The normalized spacial score (nSPS) is 11.4. The van der Waals surface area contributed by atoms with Crippen LogP contribution in [0.2, 0.25) is 0 Å². The Labute approximate surface area is 185 Å². The number of hydrogen-bond donors (Lipinski definition) is 1. The smallest absolute Gasteiger partial charge is 0.276 e. The number of carbonyl (C=O) groups excluding carboxylic acids is 1. The summed E-state index contributed by atoms with van der Waals surface area (Å²) in [6, 6.07) is 22.2. The number of amides is 1. The molecule has 3 aromatic carbocycles. The Morgan fingerprint density at radius 2 is 1.53 bits per heavy atom. The van der Waals surface area contributed by atoms with Crippen LogP contribution in [-0.2, 0) is 16.4 Å². The molecule has 0 saturated carbocycles. The molecule has 32 heavy (non-hydrogen) atoms. The third-order valence-corrected chi connectivity index (χ3v) is 6.86. The fourth-order valence-corrected chi connectivity index (χ4v) is 4.25. The molecule has 8 heteroatoms. The Morgan fingerprint density at radius 1 is 0.906 bits per heavy atom. The fourth-order valence-electron chi connectivity index (χ4n) is 3.37. The van der Waals surface area contributed by atoms with Crippen LogP contribution < -0.4 is 10.9 Å². The Kier molecular flexibility index (Phi) is 5.87. The third-order valence-electron chi connectivity index (χ3n) is 5.11. The lowest BCUT2D eigenvalue weighted by Gasteiger charge is -2.12. The first-order chi connectivity index (χ1) is 15.4. The summed E-state index contributed by atoms with van der Waals surface area (Å²) in [7, 11) is -3.33. The highest BCUT2D eigenvalue weighted by Crippen LogP contribution is 2.18. The molecule has 0 aliphatic carbocycles. The first kappa shape index (κ1) is 21.5. The molecule has 0 saturated heterocycles. The highest BCUT2D eigenvalue weighted by Gasteiger charge is 2.18. The van der Waals surface area contributed by atoms with Gasteiger partial charge < -0.3 is 5.32 Å². The van der Waals surface area contributed by atoms with Crippen molar-refractivity contribution in [2.75, 3.05) is 11.1 Å². The van der Waals surface area contributed by atoms with Gasteiger partial charge in [-0.3, -0.25) is 9.59 Å².